The van der Waals surface area contributed by atoms with Gasteiger partial charge in [0.15, 0.2) is 0 Å². The van der Waals surface area contributed by atoms with Gasteiger partial charge in [0, 0.05) is 18.7 Å². The summed E-state index contributed by atoms with van der Waals surface area (Å²) in [5, 5.41) is 12.8. The number of benzene rings is 3. The number of hydrogen-bond donors (Lipinski definition) is 3. The first kappa shape index (κ1) is 22.5. The van der Waals surface area contributed by atoms with E-state index < -0.39 is 16.1 Å². The summed E-state index contributed by atoms with van der Waals surface area (Å²) in [4.78, 5) is 12.4. The molecule has 1 unspecified atom stereocenters. The Morgan fingerprint density at radius 3 is 2.23 bits per heavy atom. The molecular weight excluding hydrogens is 416 g/mol. The second-order valence-corrected chi connectivity index (χ2v) is 8.60. The number of rotatable bonds is 9. The number of nitrogens with one attached hydrogen (secondary N) is 2. The van der Waals surface area contributed by atoms with Crippen molar-refractivity contribution in [2.24, 2.45) is 0 Å². The van der Waals surface area contributed by atoms with E-state index in [2.05, 4.69) is 10.0 Å². The Bertz CT molecular complexity index is 1100. The van der Waals surface area contributed by atoms with Crippen LogP contribution in [0.5, 0.6) is 5.75 Å². The fourth-order valence-corrected chi connectivity index (χ4v) is 3.89. The molecule has 3 aromatic rings. The smallest absolute Gasteiger partial charge is 0.251 e. The standard InChI is InChI=1S/C23H24N2O5S/c1-30-20-11-13-21(14-12-20)31(28,29)25-15-17-7-9-19(10-8-17)23(27)24-16-22(26)18-5-3-2-4-6-18/h2-14,22,25-26H,15-16H2,1H3,(H,24,27). The van der Waals surface area contributed by atoms with Gasteiger partial charge in [-0.1, -0.05) is 42.5 Å². The first-order chi connectivity index (χ1) is 14.9. The average Bonchev–Trinajstić information content (AvgIpc) is 2.82. The van der Waals surface area contributed by atoms with E-state index in [1.807, 2.05) is 18.2 Å². The zero-order valence-electron chi connectivity index (χ0n) is 17.0. The number of amides is 1. The van der Waals surface area contributed by atoms with Crippen molar-refractivity contribution in [1.82, 2.24) is 10.0 Å². The van der Waals surface area contributed by atoms with Crippen molar-refractivity contribution in [2.45, 2.75) is 17.5 Å². The highest BCUT2D eigenvalue weighted by atomic mass is 32.2. The highest BCUT2D eigenvalue weighted by Gasteiger charge is 2.14. The van der Waals surface area contributed by atoms with Crippen molar-refractivity contribution >= 4 is 15.9 Å². The van der Waals surface area contributed by atoms with Crippen LogP contribution in [-0.4, -0.2) is 33.1 Å². The average molecular weight is 441 g/mol. The molecule has 31 heavy (non-hydrogen) atoms. The molecule has 162 valence electrons. The van der Waals surface area contributed by atoms with Crippen LogP contribution in [0.15, 0.2) is 83.8 Å². The van der Waals surface area contributed by atoms with E-state index in [0.29, 0.717) is 16.9 Å². The van der Waals surface area contributed by atoms with Crippen LogP contribution in [0.2, 0.25) is 0 Å². The van der Waals surface area contributed by atoms with Crippen molar-refractivity contribution < 1.29 is 23.1 Å². The molecule has 0 saturated heterocycles. The van der Waals surface area contributed by atoms with Gasteiger partial charge in [-0.15, -0.1) is 0 Å². The minimum Gasteiger partial charge on any atom is -0.497 e. The molecule has 3 N–H and O–H groups in total. The summed E-state index contributed by atoms with van der Waals surface area (Å²) in [7, 11) is -2.16. The molecule has 0 fully saturated rings. The highest BCUT2D eigenvalue weighted by Crippen LogP contribution is 2.16. The summed E-state index contributed by atoms with van der Waals surface area (Å²) < 4.78 is 32.4. The Kier molecular flexibility index (Phi) is 7.41. The van der Waals surface area contributed by atoms with Crippen LogP contribution >= 0.6 is 0 Å². The van der Waals surface area contributed by atoms with Crippen LogP contribution in [0.3, 0.4) is 0 Å². The van der Waals surface area contributed by atoms with Gasteiger partial charge >= 0.3 is 0 Å². The number of sulfonamides is 1. The van der Waals surface area contributed by atoms with Crippen LogP contribution < -0.4 is 14.8 Å². The van der Waals surface area contributed by atoms with Crippen LogP contribution in [0.4, 0.5) is 0 Å². The summed E-state index contributed by atoms with van der Waals surface area (Å²) in [5.41, 5.74) is 1.85. The molecule has 1 amide bonds. The molecule has 0 aliphatic heterocycles. The molecular formula is C23H24N2O5S. The van der Waals surface area contributed by atoms with Crippen LogP contribution in [-0.2, 0) is 16.6 Å². The van der Waals surface area contributed by atoms with E-state index in [9.17, 15) is 18.3 Å². The Morgan fingerprint density at radius 1 is 0.968 bits per heavy atom. The maximum atomic E-state index is 12.4. The number of ether oxygens (including phenoxy) is 1. The molecule has 0 saturated carbocycles. The van der Waals surface area contributed by atoms with Crippen molar-refractivity contribution in [1.29, 1.82) is 0 Å². The maximum Gasteiger partial charge on any atom is 0.251 e. The minimum atomic E-state index is -3.67. The van der Waals surface area contributed by atoms with Gasteiger partial charge in [0.1, 0.15) is 5.75 Å². The van der Waals surface area contributed by atoms with E-state index in [4.69, 9.17) is 4.74 Å². The van der Waals surface area contributed by atoms with Crippen LogP contribution in [0, 0.1) is 0 Å². The summed E-state index contributed by atoms with van der Waals surface area (Å²) in [5.74, 6) is 0.254. The summed E-state index contributed by atoms with van der Waals surface area (Å²) >= 11 is 0. The molecule has 3 aromatic carbocycles. The Balaban J connectivity index is 1.54. The molecule has 8 heteroatoms. The number of aliphatic hydroxyl groups is 1. The topological polar surface area (TPSA) is 105 Å². The van der Waals surface area contributed by atoms with Gasteiger partial charge in [-0.25, -0.2) is 13.1 Å². The second-order valence-electron chi connectivity index (χ2n) is 6.83. The van der Waals surface area contributed by atoms with Crippen molar-refractivity contribution in [3.63, 3.8) is 0 Å². The maximum absolute atomic E-state index is 12.4. The molecule has 1 atom stereocenters. The van der Waals surface area contributed by atoms with Crippen molar-refractivity contribution in [2.75, 3.05) is 13.7 Å². The molecule has 3 rings (SSSR count). The third-order valence-electron chi connectivity index (χ3n) is 4.69. The first-order valence-corrected chi connectivity index (χ1v) is 11.1. The van der Waals surface area contributed by atoms with E-state index in [1.54, 1.807) is 48.5 Å². The summed E-state index contributed by atoms with van der Waals surface area (Å²) in [6.07, 6.45) is -0.795. The molecule has 7 nitrogen and oxygen atoms in total. The predicted molar refractivity (Wildman–Crippen MR) is 117 cm³/mol. The van der Waals surface area contributed by atoms with Gasteiger partial charge in [0.2, 0.25) is 10.0 Å². The largest absolute Gasteiger partial charge is 0.497 e. The fourth-order valence-electron chi connectivity index (χ4n) is 2.88. The van der Waals surface area contributed by atoms with Gasteiger partial charge in [-0.05, 0) is 47.5 Å². The fraction of sp³-hybridized carbons (Fsp3) is 0.174. The zero-order chi connectivity index (χ0) is 22.3. The van der Waals surface area contributed by atoms with E-state index >= 15 is 0 Å². The van der Waals surface area contributed by atoms with E-state index in [0.717, 1.165) is 5.56 Å². The van der Waals surface area contributed by atoms with Gasteiger partial charge in [-0.3, -0.25) is 4.79 Å². The van der Waals surface area contributed by atoms with Gasteiger partial charge in [0.25, 0.3) is 5.91 Å². The van der Waals surface area contributed by atoms with Crippen molar-refractivity contribution in [3.8, 4) is 5.75 Å². The molecule has 0 aromatic heterocycles. The molecule has 0 spiro atoms. The molecule has 0 bridgehead atoms. The van der Waals surface area contributed by atoms with Gasteiger partial charge in [0.05, 0.1) is 18.1 Å². The molecule has 0 aliphatic carbocycles. The lowest BCUT2D eigenvalue weighted by molar-refractivity contribution is 0.0916. The lowest BCUT2D eigenvalue weighted by atomic mass is 10.1. The number of hydrogen-bond acceptors (Lipinski definition) is 5. The SMILES string of the molecule is COc1ccc(S(=O)(=O)NCc2ccc(C(=O)NCC(O)c3ccccc3)cc2)cc1. The quantitative estimate of drug-likeness (QED) is 0.475. The molecule has 0 heterocycles. The Morgan fingerprint density at radius 2 is 1.61 bits per heavy atom. The van der Waals surface area contributed by atoms with E-state index in [1.165, 1.54) is 19.2 Å². The monoisotopic (exact) mass is 440 g/mol. The van der Waals surface area contributed by atoms with Crippen LogP contribution in [0.1, 0.15) is 27.6 Å². The van der Waals surface area contributed by atoms with E-state index in [-0.39, 0.29) is 23.9 Å². The number of carbonyl (C=O) groups is 1. The zero-order valence-corrected chi connectivity index (χ0v) is 17.8. The lowest BCUT2D eigenvalue weighted by Crippen LogP contribution is -2.28. The van der Waals surface area contributed by atoms with Gasteiger partial charge in [-0.2, -0.15) is 0 Å². The first-order valence-electron chi connectivity index (χ1n) is 9.63. The lowest BCUT2D eigenvalue weighted by Gasteiger charge is -2.12. The third kappa shape index (κ3) is 6.14. The minimum absolute atomic E-state index is 0.0863. The number of aliphatic hydroxyl groups excluding tert-OH is 1. The summed E-state index contributed by atoms with van der Waals surface area (Å²) in [6, 6.07) is 21.8. The normalized spacial score (nSPS) is 12.2. The Labute approximate surface area is 181 Å². The van der Waals surface area contributed by atoms with Crippen LogP contribution in [0.25, 0.3) is 0 Å². The second kappa shape index (κ2) is 10.2. The third-order valence-corrected chi connectivity index (χ3v) is 6.11. The predicted octanol–water partition coefficient (Wildman–Crippen LogP) is 2.64. The highest BCUT2D eigenvalue weighted by molar-refractivity contribution is 7.89. The molecule has 0 radical (unpaired) electrons. The van der Waals surface area contributed by atoms with Crippen molar-refractivity contribution in [3.05, 3.63) is 95.6 Å². The van der Waals surface area contributed by atoms with Gasteiger partial charge < -0.3 is 15.2 Å². The Hall–Kier alpha value is -3.20. The molecule has 0 aliphatic rings. The number of methoxy groups -OCH3 is 1. The summed E-state index contributed by atoms with van der Waals surface area (Å²) in [6.45, 7) is 0.176. The number of carbonyl (C=O) groups excluding carboxylic acids is 1.